The number of hydrogen-bond acceptors (Lipinski definition) is 3. The second-order valence-corrected chi connectivity index (χ2v) is 10.5. The summed E-state index contributed by atoms with van der Waals surface area (Å²) in [6, 6.07) is 15.5. The van der Waals surface area contributed by atoms with Crippen LogP contribution in [0.15, 0.2) is 53.4 Å². The summed E-state index contributed by atoms with van der Waals surface area (Å²) in [4.78, 5) is 0.130. The highest BCUT2D eigenvalue weighted by Gasteiger charge is 2.51. The van der Waals surface area contributed by atoms with Gasteiger partial charge < -0.3 is 5.32 Å². The highest BCUT2D eigenvalue weighted by Crippen LogP contribution is 2.60. The van der Waals surface area contributed by atoms with Gasteiger partial charge in [0.1, 0.15) is 0 Å². The van der Waals surface area contributed by atoms with Crippen molar-refractivity contribution in [3.63, 3.8) is 0 Å². The van der Waals surface area contributed by atoms with Crippen LogP contribution in [0.2, 0.25) is 0 Å². The molecule has 4 aliphatic rings. The molecule has 0 heterocycles. The van der Waals surface area contributed by atoms with Gasteiger partial charge in [-0.3, -0.25) is 0 Å². The first-order valence-corrected chi connectivity index (χ1v) is 11.4. The van der Waals surface area contributed by atoms with Gasteiger partial charge in [0.15, 0.2) is 0 Å². The van der Waals surface area contributed by atoms with Crippen molar-refractivity contribution < 1.29 is 8.42 Å². The summed E-state index contributed by atoms with van der Waals surface area (Å²) in [5.74, 6) is 2.85. The zero-order chi connectivity index (χ0) is 18.6. The molecule has 3 N–H and O–H groups in total. The standard InChI is InChI=1S/C22H26N2O2S/c23-27(25,26)21-7-5-20(6-8-21)24-19-3-1-18(2-4-19)22-12-15-9-16(13-22)11-17(10-15)14-22/h1-8,15-17,24H,9-14H2,(H2,23,25,26). The Hall–Kier alpha value is -1.85. The van der Waals surface area contributed by atoms with Crippen LogP contribution >= 0.6 is 0 Å². The van der Waals surface area contributed by atoms with E-state index >= 15 is 0 Å². The summed E-state index contributed by atoms with van der Waals surface area (Å²) in [7, 11) is -3.65. The molecular weight excluding hydrogens is 356 g/mol. The van der Waals surface area contributed by atoms with Gasteiger partial charge in [0.05, 0.1) is 4.90 Å². The Morgan fingerprint density at radius 3 is 1.67 bits per heavy atom. The number of nitrogens with two attached hydrogens (primary N) is 1. The molecule has 2 aromatic carbocycles. The second-order valence-electron chi connectivity index (χ2n) is 8.97. The number of rotatable bonds is 4. The second kappa shape index (κ2) is 6.08. The van der Waals surface area contributed by atoms with Crippen molar-refractivity contribution in [3.05, 3.63) is 54.1 Å². The van der Waals surface area contributed by atoms with E-state index in [1.807, 2.05) is 0 Å². The maximum atomic E-state index is 11.4. The van der Waals surface area contributed by atoms with E-state index in [4.69, 9.17) is 5.14 Å². The summed E-state index contributed by atoms with van der Waals surface area (Å²) >= 11 is 0. The molecule has 2 aromatic rings. The van der Waals surface area contributed by atoms with E-state index in [2.05, 4.69) is 29.6 Å². The highest BCUT2D eigenvalue weighted by molar-refractivity contribution is 7.89. The van der Waals surface area contributed by atoms with E-state index in [-0.39, 0.29) is 4.90 Å². The Morgan fingerprint density at radius 2 is 1.22 bits per heavy atom. The maximum absolute atomic E-state index is 11.4. The summed E-state index contributed by atoms with van der Waals surface area (Å²) in [5.41, 5.74) is 3.80. The van der Waals surface area contributed by atoms with Gasteiger partial charge in [-0.05, 0) is 104 Å². The number of sulfonamides is 1. The van der Waals surface area contributed by atoms with Crippen molar-refractivity contribution in [1.82, 2.24) is 0 Å². The van der Waals surface area contributed by atoms with Gasteiger partial charge in [-0.25, -0.2) is 13.6 Å². The summed E-state index contributed by atoms with van der Waals surface area (Å²) in [6.07, 6.45) is 8.52. The minimum atomic E-state index is -3.65. The van der Waals surface area contributed by atoms with Gasteiger partial charge in [0.25, 0.3) is 0 Å². The van der Waals surface area contributed by atoms with Crippen molar-refractivity contribution in [1.29, 1.82) is 0 Å². The van der Waals surface area contributed by atoms with E-state index in [9.17, 15) is 8.42 Å². The monoisotopic (exact) mass is 382 g/mol. The Kier molecular flexibility index (Phi) is 3.89. The lowest BCUT2D eigenvalue weighted by Crippen LogP contribution is -2.48. The van der Waals surface area contributed by atoms with Gasteiger partial charge in [0.2, 0.25) is 10.0 Å². The van der Waals surface area contributed by atoms with Gasteiger partial charge in [-0.1, -0.05) is 12.1 Å². The van der Waals surface area contributed by atoms with Crippen LogP contribution in [0.4, 0.5) is 11.4 Å². The van der Waals surface area contributed by atoms with Gasteiger partial charge >= 0.3 is 0 Å². The molecule has 4 fully saturated rings. The SMILES string of the molecule is NS(=O)(=O)c1ccc(Nc2ccc(C34CC5CC(CC(C5)C3)C4)cc2)cc1. The van der Waals surface area contributed by atoms with Crippen LogP contribution in [0.1, 0.15) is 44.1 Å². The molecule has 0 saturated heterocycles. The van der Waals surface area contributed by atoms with Gasteiger partial charge in [-0.15, -0.1) is 0 Å². The molecule has 0 radical (unpaired) electrons. The average Bonchev–Trinajstić information content (AvgIpc) is 2.61. The predicted octanol–water partition coefficient (Wildman–Crippen LogP) is 4.55. The van der Waals surface area contributed by atoms with Crippen molar-refractivity contribution in [3.8, 4) is 0 Å². The molecule has 4 saturated carbocycles. The van der Waals surface area contributed by atoms with Crippen LogP contribution in [0, 0.1) is 17.8 Å². The Balaban J connectivity index is 1.34. The van der Waals surface area contributed by atoms with E-state index < -0.39 is 10.0 Å². The van der Waals surface area contributed by atoms with Crippen LogP contribution in [0.3, 0.4) is 0 Å². The lowest BCUT2D eigenvalue weighted by Gasteiger charge is -2.57. The smallest absolute Gasteiger partial charge is 0.238 e. The molecule has 5 heteroatoms. The van der Waals surface area contributed by atoms with Gasteiger partial charge in [0, 0.05) is 11.4 Å². The molecule has 4 aliphatic carbocycles. The fraction of sp³-hybridized carbons (Fsp3) is 0.455. The molecule has 0 spiro atoms. The molecule has 0 amide bonds. The fourth-order valence-corrected chi connectivity index (χ4v) is 6.78. The molecule has 0 atom stereocenters. The third kappa shape index (κ3) is 3.17. The van der Waals surface area contributed by atoms with Crippen molar-refractivity contribution in [2.24, 2.45) is 22.9 Å². The normalized spacial score (nSPS) is 31.8. The molecule has 0 aliphatic heterocycles. The topological polar surface area (TPSA) is 72.2 Å². The molecule has 4 nitrogen and oxygen atoms in total. The molecule has 0 unspecified atom stereocenters. The first-order chi connectivity index (χ1) is 12.9. The third-order valence-electron chi connectivity index (χ3n) is 7.01. The van der Waals surface area contributed by atoms with Crippen LogP contribution in [-0.2, 0) is 15.4 Å². The Labute approximate surface area is 161 Å². The molecular formula is C22H26N2O2S. The molecule has 0 aromatic heterocycles. The third-order valence-corrected chi connectivity index (χ3v) is 7.94. The number of hydrogen-bond donors (Lipinski definition) is 2. The van der Waals surface area contributed by atoms with E-state index in [0.717, 1.165) is 29.1 Å². The molecule has 4 bridgehead atoms. The summed E-state index contributed by atoms with van der Waals surface area (Å²) < 4.78 is 22.7. The van der Waals surface area contributed by atoms with E-state index in [0.29, 0.717) is 5.41 Å². The molecule has 142 valence electrons. The maximum Gasteiger partial charge on any atom is 0.238 e. The quantitative estimate of drug-likeness (QED) is 0.815. The van der Waals surface area contributed by atoms with Crippen LogP contribution < -0.4 is 10.5 Å². The van der Waals surface area contributed by atoms with Gasteiger partial charge in [-0.2, -0.15) is 0 Å². The lowest BCUT2D eigenvalue weighted by molar-refractivity contribution is -0.00518. The van der Waals surface area contributed by atoms with Crippen molar-refractivity contribution >= 4 is 21.4 Å². The number of nitrogens with one attached hydrogen (secondary N) is 1. The number of benzene rings is 2. The minimum Gasteiger partial charge on any atom is -0.356 e. The first kappa shape index (κ1) is 17.3. The molecule has 6 rings (SSSR count). The largest absolute Gasteiger partial charge is 0.356 e. The Bertz CT molecular complexity index is 914. The zero-order valence-electron chi connectivity index (χ0n) is 15.4. The molecule has 27 heavy (non-hydrogen) atoms. The minimum absolute atomic E-state index is 0.130. The van der Waals surface area contributed by atoms with Crippen LogP contribution in [-0.4, -0.2) is 8.42 Å². The van der Waals surface area contributed by atoms with Crippen LogP contribution in [0.25, 0.3) is 0 Å². The fourth-order valence-electron chi connectivity index (χ4n) is 6.27. The first-order valence-electron chi connectivity index (χ1n) is 9.90. The van der Waals surface area contributed by atoms with E-state index in [1.165, 1.54) is 56.2 Å². The van der Waals surface area contributed by atoms with E-state index in [1.54, 1.807) is 12.1 Å². The zero-order valence-corrected chi connectivity index (χ0v) is 16.2. The van der Waals surface area contributed by atoms with Crippen LogP contribution in [0.5, 0.6) is 0 Å². The van der Waals surface area contributed by atoms with Crippen molar-refractivity contribution in [2.75, 3.05) is 5.32 Å². The lowest BCUT2D eigenvalue weighted by atomic mass is 9.48. The number of primary sulfonamides is 1. The number of anilines is 2. The predicted molar refractivity (Wildman–Crippen MR) is 107 cm³/mol. The average molecular weight is 383 g/mol. The Morgan fingerprint density at radius 1 is 0.778 bits per heavy atom. The summed E-state index contributed by atoms with van der Waals surface area (Å²) in [6.45, 7) is 0. The van der Waals surface area contributed by atoms with Crippen molar-refractivity contribution in [2.45, 2.75) is 48.8 Å². The highest BCUT2D eigenvalue weighted by atomic mass is 32.2. The summed E-state index contributed by atoms with van der Waals surface area (Å²) in [5, 5.41) is 8.50.